The van der Waals surface area contributed by atoms with Crippen LogP contribution in [0.3, 0.4) is 0 Å². The van der Waals surface area contributed by atoms with Crippen molar-refractivity contribution >= 4 is 23.6 Å². The van der Waals surface area contributed by atoms with Gasteiger partial charge >= 0.3 is 5.97 Å². The number of ether oxygens (including phenoxy) is 2. The molecule has 0 aromatic heterocycles. The van der Waals surface area contributed by atoms with E-state index in [0.717, 1.165) is 0 Å². The number of methoxy groups -OCH3 is 2. The van der Waals surface area contributed by atoms with Crippen molar-refractivity contribution in [3.8, 4) is 5.75 Å². The SMILES string of the molecule is COC(=O)C(=Cc1cccc(Cl)c1OC)N=[N+]=[N-]. The summed E-state index contributed by atoms with van der Waals surface area (Å²) in [6, 6.07) is 4.99. The Morgan fingerprint density at radius 1 is 1.50 bits per heavy atom. The van der Waals surface area contributed by atoms with E-state index < -0.39 is 5.97 Å². The monoisotopic (exact) mass is 267 g/mol. The Kier molecular flexibility index (Phi) is 5.05. The number of para-hydroxylation sites is 1. The quantitative estimate of drug-likeness (QED) is 0.276. The number of benzene rings is 1. The normalized spacial score (nSPS) is 10.5. The summed E-state index contributed by atoms with van der Waals surface area (Å²) in [6.07, 6.45) is 1.34. The lowest BCUT2D eigenvalue weighted by atomic mass is 10.1. The zero-order chi connectivity index (χ0) is 13.5. The molecule has 0 spiro atoms. The third-order valence-corrected chi connectivity index (χ3v) is 2.34. The zero-order valence-electron chi connectivity index (χ0n) is 9.75. The van der Waals surface area contributed by atoms with Crippen LogP contribution in [0.1, 0.15) is 5.56 Å². The van der Waals surface area contributed by atoms with Crippen molar-refractivity contribution < 1.29 is 14.3 Å². The third-order valence-electron chi connectivity index (χ3n) is 2.04. The first-order valence-corrected chi connectivity index (χ1v) is 5.19. The van der Waals surface area contributed by atoms with E-state index in [1.807, 2.05) is 0 Å². The van der Waals surface area contributed by atoms with Crippen molar-refractivity contribution in [2.45, 2.75) is 0 Å². The van der Waals surface area contributed by atoms with E-state index in [2.05, 4.69) is 14.8 Å². The lowest BCUT2D eigenvalue weighted by molar-refractivity contribution is -0.136. The summed E-state index contributed by atoms with van der Waals surface area (Å²) in [4.78, 5) is 13.9. The summed E-state index contributed by atoms with van der Waals surface area (Å²) in [5.41, 5.74) is 8.72. The topological polar surface area (TPSA) is 84.3 Å². The molecule has 0 unspecified atom stereocenters. The maximum Gasteiger partial charge on any atom is 0.340 e. The maximum atomic E-state index is 11.4. The third kappa shape index (κ3) is 3.16. The highest BCUT2D eigenvalue weighted by Gasteiger charge is 2.11. The highest BCUT2D eigenvalue weighted by atomic mass is 35.5. The highest BCUT2D eigenvalue weighted by molar-refractivity contribution is 6.32. The van der Waals surface area contributed by atoms with Crippen LogP contribution in [0.2, 0.25) is 5.02 Å². The molecule has 0 heterocycles. The predicted octanol–water partition coefficient (Wildman–Crippen LogP) is 3.17. The van der Waals surface area contributed by atoms with Crippen molar-refractivity contribution in [1.29, 1.82) is 0 Å². The van der Waals surface area contributed by atoms with Crippen molar-refractivity contribution in [3.63, 3.8) is 0 Å². The molecule has 0 radical (unpaired) electrons. The van der Waals surface area contributed by atoms with Crippen LogP contribution in [0, 0.1) is 0 Å². The highest BCUT2D eigenvalue weighted by Crippen LogP contribution is 2.30. The minimum absolute atomic E-state index is 0.180. The Balaban J connectivity index is 3.32. The van der Waals surface area contributed by atoms with Gasteiger partial charge in [-0.25, -0.2) is 4.79 Å². The predicted molar refractivity (Wildman–Crippen MR) is 67.1 cm³/mol. The minimum Gasteiger partial charge on any atom is -0.495 e. The van der Waals surface area contributed by atoms with Crippen LogP contribution in [0.4, 0.5) is 0 Å². The molecule has 0 aliphatic heterocycles. The lowest BCUT2D eigenvalue weighted by Crippen LogP contribution is -2.02. The second-order valence-corrected chi connectivity index (χ2v) is 3.48. The van der Waals surface area contributed by atoms with Crippen molar-refractivity contribution in [2.24, 2.45) is 5.11 Å². The van der Waals surface area contributed by atoms with Gasteiger partial charge in [0.15, 0.2) is 0 Å². The van der Waals surface area contributed by atoms with Crippen molar-refractivity contribution in [1.82, 2.24) is 0 Å². The summed E-state index contributed by atoms with van der Waals surface area (Å²) in [7, 11) is 2.64. The van der Waals surface area contributed by atoms with Gasteiger partial charge < -0.3 is 9.47 Å². The van der Waals surface area contributed by atoms with E-state index in [1.54, 1.807) is 18.2 Å². The van der Waals surface area contributed by atoms with Crippen LogP contribution in [-0.2, 0) is 9.53 Å². The first kappa shape index (κ1) is 13.9. The molecule has 1 rings (SSSR count). The van der Waals surface area contributed by atoms with Crippen molar-refractivity contribution in [2.75, 3.05) is 14.2 Å². The molecule has 0 fully saturated rings. The Labute approximate surface area is 108 Å². The van der Waals surface area contributed by atoms with E-state index in [1.165, 1.54) is 20.3 Å². The molecule has 94 valence electrons. The van der Waals surface area contributed by atoms with E-state index in [9.17, 15) is 4.79 Å². The van der Waals surface area contributed by atoms with Crippen LogP contribution in [-0.4, -0.2) is 20.2 Å². The standard InChI is InChI=1S/C11H10ClN3O3/c1-17-10-7(4-3-5-8(10)12)6-9(14-15-13)11(16)18-2/h3-6H,1-2H3. The first-order chi connectivity index (χ1) is 8.63. The van der Waals surface area contributed by atoms with E-state index in [4.69, 9.17) is 21.9 Å². The first-order valence-electron chi connectivity index (χ1n) is 4.81. The van der Waals surface area contributed by atoms with Gasteiger partial charge in [-0.2, -0.15) is 0 Å². The number of carbonyl (C=O) groups is 1. The molecule has 0 atom stereocenters. The summed E-state index contributed by atoms with van der Waals surface area (Å²) in [6.45, 7) is 0. The van der Waals surface area contributed by atoms with Crippen LogP contribution in [0.15, 0.2) is 29.0 Å². The van der Waals surface area contributed by atoms with E-state index >= 15 is 0 Å². The van der Waals surface area contributed by atoms with Crippen LogP contribution >= 0.6 is 11.6 Å². The molecular formula is C11H10ClN3O3. The number of nitrogens with zero attached hydrogens (tertiary/aromatic N) is 3. The summed E-state index contributed by atoms with van der Waals surface area (Å²) in [5, 5.41) is 3.65. The average molecular weight is 268 g/mol. The number of hydrogen-bond acceptors (Lipinski definition) is 4. The summed E-state index contributed by atoms with van der Waals surface area (Å²) >= 11 is 5.93. The van der Waals surface area contributed by atoms with Crippen LogP contribution < -0.4 is 4.74 Å². The number of carbonyl (C=O) groups excluding carboxylic acids is 1. The van der Waals surface area contributed by atoms with Gasteiger partial charge in [-0.05, 0) is 17.7 Å². The smallest absolute Gasteiger partial charge is 0.340 e. The van der Waals surface area contributed by atoms with Gasteiger partial charge in [0.25, 0.3) is 0 Å². The molecule has 6 nitrogen and oxygen atoms in total. The fourth-order valence-corrected chi connectivity index (χ4v) is 1.54. The Morgan fingerprint density at radius 3 is 2.78 bits per heavy atom. The molecule has 0 N–H and O–H groups in total. The van der Waals surface area contributed by atoms with Gasteiger partial charge in [0.2, 0.25) is 0 Å². The Bertz CT molecular complexity index is 536. The molecule has 1 aromatic rings. The molecule has 0 saturated carbocycles. The van der Waals surface area contributed by atoms with Gasteiger partial charge in [-0.3, -0.25) is 0 Å². The average Bonchev–Trinajstić information content (AvgIpc) is 2.37. The largest absolute Gasteiger partial charge is 0.495 e. The number of hydrogen-bond donors (Lipinski definition) is 0. The molecule has 0 saturated heterocycles. The number of azide groups is 1. The molecule has 18 heavy (non-hydrogen) atoms. The second kappa shape index (κ2) is 6.54. The Hall–Kier alpha value is -2.17. The molecule has 0 amide bonds. The maximum absolute atomic E-state index is 11.4. The summed E-state index contributed by atoms with van der Waals surface area (Å²) in [5.74, 6) is -0.358. The van der Waals surface area contributed by atoms with Gasteiger partial charge in [-0.1, -0.05) is 28.8 Å². The van der Waals surface area contributed by atoms with Crippen LogP contribution in [0.5, 0.6) is 5.75 Å². The van der Waals surface area contributed by atoms with Crippen molar-refractivity contribution in [3.05, 3.63) is 44.9 Å². The van der Waals surface area contributed by atoms with E-state index in [-0.39, 0.29) is 5.70 Å². The van der Waals surface area contributed by atoms with Crippen LogP contribution in [0.25, 0.3) is 16.5 Å². The summed E-state index contributed by atoms with van der Waals surface area (Å²) < 4.78 is 9.60. The molecule has 0 aliphatic carbocycles. The molecule has 0 bridgehead atoms. The fraction of sp³-hybridized carbons (Fsp3) is 0.182. The van der Waals surface area contributed by atoms with Gasteiger partial charge in [0, 0.05) is 10.5 Å². The molecular weight excluding hydrogens is 258 g/mol. The fourth-order valence-electron chi connectivity index (χ4n) is 1.28. The lowest BCUT2D eigenvalue weighted by Gasteiger charge is -2.07. The molecule has 0 aliphatic rings. The second-order valence-electron chi connectivity index (χ2n) is 3.07. The number of rotatable bonds is 4. The Morgan fingerprint density at radius 2 is 2.22 bits per heavy atom. The minimum atomic E-state index is -0.741. The molecule has 7 heteroatoms. The van der Waals surface area contributed by atoms with Gasteiger partial charge in [-0.15, -0.1) is 0 Å². The molecule has 1 aromatic carbocycles. The van der Waals surface area contributed by atoms with E-state index in [0.29, 0.717) is 16.3 Å². The zero-order valence-corrected chi connectivity index (χ0v) is 10.5. The van der Waals surface area contributed by atoms with Gasteiger partial charge in [0.1, 0.15) is 11.4 Å². The number of esters is 1. The van der Waals surface area contributed by atoms with Gasteiger partial charge in [0.05, 0.1) is 19.2 Å². The number of halogens is 1.